The van der Waals surface area contributed by atoms with Gasteiger partial charge in [0, 0.05) is 24.9 Å². The summed E-state index contributed by atoms with van der Waals surface area (Å²) in [6, 6.07) is 0. The molecule has 0 radical (unpaired) electrons. The zero-order valence-corrected chi connectivity index (χ0v) is 24.5. The first kappa shape index (κ1) is 27.6. The van der Waals surface area contributed by atoms with Crippen LogP contribution < -0.4 is 0 Å². The zero-order chi connectivity index (χ0) is 27.3. The van der Waals surface area contributed by atoms with Crippen LogP contribution in [0.25, 0.3) is 0 Å². The molecule has 3 N–H and O–H groups in total. The topological polar surface area (TPSA) is 87.0 Å². The summed E-state index contributed by atoms with van der Waals surface area (Å²) in [6.07, 6.45) is 7.45. The molecule has 5 nitrogen and oxygen atoms in total. The summed E-state index contributed by atoms with van der Waals surface area (Å²) in [7, 11) is 0. The molecule has 5 aliphatic carbocycles. The molecule has 5 heteroatoms. The summed E-state index contributed by atoms with van der Waals surface area (Å²) in [5.74, 6) is 0.813. The number of carbonyl (C=O) groups is 1. The maximum Gasteiger partial charge on any atom is 0.302 e. The summed E-state index contributed by atoms with van der Waals surface area (Å²) >= 11 is 0. The Morgan fingerprint density at radius 2 is 1.73 bits per heavy atom. The van der Waals surface area contributed by atoms with E-state index in [9.17, 15) is 20.1 Å². The maximum absolute atomic E-state index is 12.5. The Labute approximate surface area is 224 Å². The van der Waals surface area contributed by atoms with Gasteiger partial charge in [-0.25, -0.2) is 0 Å². The molecule has 0 amide bonds. The van der Waals surface area contributed by atoms with Crippen molar-refractivity contribution < 1.29 is 24.9 Å². The highest BCUT2D eigenvalue weighted by molar-refractivity contribution is 5.66. The van der Waals surface area contributed by atoms with E-state index in [1.807, 2.05) is 0 Å². The van der Waals surface area contributed by atoms with E-state index >= 15 is 0 Å². The summed E-state index contributed by atoms with van der Waals surface area (Å²) in [4.78, 5) is 12.5. The van der Waals surface area contributed by atoms with E-state index in [4.69, 9.17) is 4.74 Å². The molecule has 0 unspecified atom stereocenters. The molecule has 0 aromatic rings. The third-order valence-electron chi connectivity index (χ3n) is 13.5. The quantitative estimate of drug-likeness (QED) is 0.340. The Bertz CT molecular complexity index is 970. The lowest BCUT2D eigenvalue weighted by Gasteiger charge is -2.70. The minimum atomic E-state index is -0.429. The lowest BCUT2D eigenvalue weighted by Crippen LogP contribution is -2.67. The second-order valence-corrected chi connectivity index (χ2v) is 15.4. The molecule has 5 rings (SSSR count). The summed E-state index contributed by atoms with van der Waals surface area (Å²) in [5.41, 5.74) is 0.484. The van der Waals surface area contributed by atoms with Crippen molar-refractivity contribution in [3.8, 4) is 0 Å². The average Bonchev–Trinajstić information content (AvgIpc) is 3.12. The standard InChI is InChI=1S/C32H52O5/c1-18(2)21-15-22(35)27-31(8)12-9-20-26(30(31,7)13-14-32(21,27)17-33)23(37-19(3)34)16-24-28(4,5)25(36)10-11-29(20,24)6/h9,18,21-27,33,35-36H,10-17H2,1-8H3/t21-,22+,23-,24-,25-,26-,27+,29+,30-,31+,32+/m0/s1. The van der Waals surface area contributed by atoms with Crippen LogP contribution in [0.1, 0.15) is 100 Å². The van der Waals surface area contributed by atoms with Crippen LogP contribution in [0.3, 0.4) is 0 Å². The van der Waals surface area contributed by atoms with Crippen LogP contribution in [0.15, 0.2) is 11.6 Å². The molecule has 0 spiro atoms. The van der Waals surface area contributed by atoms with Gasteiger partial charge in [-0.3, -0.25) is 4.79 Å². The molecule has 4 fully saturated rings. The Morgan fingerprint density at radius 3 is 2.32 bits per heavy atom. The van der Waals surface area contributed by atoms with Crippen molar-refractivity contribution in [3.05, 3.63) is 11.6 Å². The van der Waals surface area contributed by atoms with Crippen molar-refractivity contribution in [3.63, 3.8) is 0 Å². The van der Waals surface area contributed by atoms with Gasteiger partial charge in [-0.2, -0.15) is 0 Å². The fourth-order valence-electron chi connectivity index (χ4n) is 11.5. The molecular formula is C32H52O5. The van der Waals surface area contributed by atoms with Gasteiger partial charge in [0.25, 0.3) is 0 Å². The summed E-state index contributed by atoms with van der Waals surface area (Å²) in [5, 5.41) is 33.6. The fraction of sp³-hybridized carbons (Fsp3) is 0.906. The van der Waals surface area contributed by atoms with E-state index in [1.54, 1.807) is 0 Å². The number of aliphatic hydroxyl groups is 3. The average molecular weight is 517 g/mol. The van der Waals surface area contributed by atoms with E-state index in [0.29, 0.717) is 11.8 Å². The van der Waals surface area contributed by atoms with Crippen molar-refractivity contribution in [1.82, 2.24) is 0 Å². The largest absolute Gasteiger partial charge is 0.462 e. The Balaban J connectivity index is 1.66. The number of fused-ring (bicyclic) bond motifs is 7. The number of aliphatic hydroxyl groups excluding tert-OH is 3. The third kappa shape index (κ3) is 3.41. The van der Waals surface area contributed by atoms with Crippen molar-refractivity contribution in [2.45, 2.75) is 119 Å². The van der Waals surface area contributed by atoms with Crippen molar-refractivity contribution >= 4 is 5.97 Å². The second-order valence-electron chi connectivity index (χ2n) is 15.4. The summed E-state index contributed by atoms with van der Waals surface area (Å²) in [6.45, 7) is 17.7. The van der Waals surface area contributed by atoms with Gasteiger partial charge < -0.3 is 20.1 Å². The molecular weight excluding hydrogens is 464 g/mol. The summed E-state index contributed by atoms with van der Waals surface area (Å²) < 4.78 is 6.22. The van der Waals surface area contributed by atoms with Crippen LogP contribution in [0.2, 0.25) is 0 Å². The van der Waals surface area contributed by atoms with Gasteiger partial charge in [0.15, 0.2) is 0 Å². The van der Waals surface area contributed by atoms with Gasteiger partial charge in [-0.05, 0) is 90.3 Å². The molecule has 5 aliphatic rings. The van der Waals surface area contributed by atoms with Crippen LogP contribution in [0.5, 0.6) is 0 Å². The second kappa shape index (κ2) is 8.54. The number of hydrogen-bond acceptors (Lipinski definition) is 5. The van der Waals surface area contributed by atoms with Crippen molar-refractivity contribution in [2.75, 3.05) is 6.61 Å². The number of carbonyl (C=O) groups excluding carboxylic acids is 1. The number of rotatable bonds is 3. The Morgan fingerprint density at radius 1 is 1.05 bits per heavy atom. The lowest BCUT2D eigenvalue weighted by atomic mass is 9.35. The lowest BCUT2D eigenvalue weighted by molar-refractivity contribution is -0.218. The van der Waals surface area contributed by atoms with E-state index in [-0.39, 0.29) is 69.6 Å². The predicted molar refractivity (Wildman–Crippen MR) is 144 cm³/mol. The van der Waals surface area contributed by atoms with Crippen LogP contribution in [-0.4, -0.2) is 46.2 Å². The molecule has 0 aliphatic heterocycles. The minimum absolute atomic E-state index is 0.0158. The number of esters is 1. The van der Waals surface area contributed by atoms with E-state index in [1.165, 1.54) is 12.5 Å². The SMILES string of the molecule is CC(=O)O[C@H]1C[C@H]2C(C)(C)[C@@H](O)CC[C@]2(C)C2=CC[C@]3(C)[C@H]4[C@H](O)C[C@@H](C(C)C)[C@]4(CO)CC[C@@]3(C)[C@@H]21. The smallest absolute Gasteiger partial charge is 0.302 e. The van der Waals surface area contributed by atoms with E-state index < -0.39 is 6.10 Å². The van der Waals surface area contributed by atoms with Gasteiger partial charge in [-0.15, -0.1) is 0 Å². The highest BCUT2D eigenvalue weighted by atomic mass is 16.5. The zero-order valence-electron chi connectivity index (χ0n) is 24.5. The number of ether oxygens (including phenoxy) is 1. The molecule has 37 heavy (non-hydrogen) atoms. The van der Waals surface area contributed by atoms with Crippen LogP contribution >= 0.6 is 0 Å². The number of allylic oxidation sites excluding steroid dienone is 1. The van der Waals surface area contributed by atoms with Crippen molar-refractivity contribution in [1.29, 1.82) is 0 Å². The van der Waals surface area contributed by atoms with Gasteiger partial charge in [-0.1, -0.05) is 60.1 Å². The van der Waals surface area contributed by atoms with Gasteiger partial charge in [0.2, 0.25) is 0 Å². The third-order valence-corrected chi connectivity index (χ3v) is 13.5. The molecule has 11 atom stereocenters. The highest BCUT2D eigenvalue weighted by Gasteiger charge is 2.73. The molecule has 0 saturated heterocycles. The first-order chi connectivity index (χ1) is 17.1. The molecule has 0 aromatic carbocycles. The van der Waals surface area contributed by atoms with Crippen LogP contribution in [0, 0.1) is 56.7 Å². The minimum Gasteiger partial charge on any atom is -0.462 e. The van der Waals surface area contributed by atoms with Crippen LogP contribution in [0.4, 0.5) is 0 Å². The van der Waals surface area contributed by atoms with Gasteiger partial charge in [0.05, 0.1) is 12.2 Å². The predicted octanol–water partition coefficient (Wildman–Crippen LogP) is 5.51. The molecule has 210 valence electrons. The first-order valence-electron chi connectivity index (χ1n) is 14.9. The van der Waals surface area contributed by atoms with Crippen molar-refractivity contribution in [2.24, 2.45) is 56.7 Å². The maximum atomic E-state index is 12.5. The highest BCUT2D eigenvalue weighted by Crippen LogP contribution is 2.76. The molecule has 4 saturated carbocycles. The van der Waals surface area contributed by atoms with Crippen LogP contribution in [-0.2, 0) is 9.53 Å². The Hall–Kier alpha value is -0.910. The van der Waals surface area contributed by atoms with E-state index in [0.717, 1.165) is 44.9 Å². The Kier molecular flexibility index (Phi) is 6.38. The normalized spacial score (nSPS) is 52.4. The molecule has 0 aromatic heterocycles. The van der Waals surface area contributed by atoms with E-state index in [2.05, 4.69) is 54.5 Å². The van der Waals surface area contributed by atoms with Gasteiger partial charge >= 0.3 is 5.97 Å². The monoisotopic (exact) mass is 516 g/mol. The molecule has 0 heterocycles. The molecule has 0 bridgehead atoms. The van der Waals surface area contributed by atoms with Gasteiger partial charge in [0.1, 0.15) is 6.10 Å². The first-order valence-corrected chi connectivity index (χ1v) is 14.9. The number of hydrogen-bond donors (Lipinski definition) is 3. The fourth-order valence-corrected chi connectivity index (χ4v) is 11.5.